The molecular weight excluding hydrogens is 410 g/mol. The molecule has 5 heteroatoms. The van der Waals surface area contributed by atoms with Crippen molar-refractivity contribution in [3.63, 3.8) is 0 Å². The van der Waals surface area contributed by atoms with Crippen LogP contribution in [0, 0.1) is 11.3 Å². The zero-order valence-corrected chi connectivity index (χ0v) is 19.4. The van der Waals surface area contributed by atoms with Crippen LogP contribution in [0.15, 0.2) is 53.3 Å². The fourth-order valence-corrected chi connectivity index (χ4v) is 4.50. The SMILES string of the molecule is CCCCc1nc(O)c(Cc2ccc(C3CC3)cc2)c(=O)n1[C@@H](CC)c1cccc(C#N)c1. The van der Waals surface area contributed by atoms with E-state index in [0.717, 1.165) is 24.0 Å². The van der Waals surface area contributed by atoms with Gasteiger partial charge in [0.25, 0.3) is 5.56 Å². The Bertz CT molecular complexity index is 1220. The van der Waals surface area contributed by atoms with Crippen molar-refractivity contribution in [2.45, 2.75) is 70.8 Å². The fraction of sp³-hybridized carbons (Fsp3) is 0.393. The van der Waals surface area contributed by atoms with Crippen molar-refractivity contribution in [1.82, 2.24) is 9.55 Å². The number of hydrogen-bond donors (Lipinski definition) is 1. The van der Waals surface area contributed by atoms with Crippen molar-refractivity contribution in [2.75, 3.05) is 0 Å². The van der Waals surface area contributed by atoms with E-state index in [1.165, 1.54) is 18.4 Å². The molecule has 1 aliphatic carbocycles. The van der Waals surface area contributed by atoms with Crippen molar-refractivity contribution >= 4 is 0 Å². The van der Waals surface area contributed by atoms with E-state index < -0.39 is 0 Å². The van der Waals surface area contributed by atoms with Crippen LogP contribution in [-0.2, 0) is 12.8 Å². The minimum atomic E-state index is -0.248. The number of hydrogen-bond acceptors (Lipinski definition) is 4. The van der Waals surface area contributed by atoms with Gasteiger partial charge in [-0.3, -0.25) is 9.36 Å². The molecule has 2 aromatic carbocycles. The van der Waals surface area contributed by atoms with Crippen LogP contribution in [0.4, 0.5) is 0 Å². The van der Waals surface area contributed by atoms with E-state index in [9.17, 15) is 15.2 Å². The lowest BCUT2D eigenvalue weighted by atomic mass is 10.00. The average molecular weight is 442 g/mol. The third-order valence-corrected chi connectivity index (χ3v) is 6.52. The molecule has 0 amide bonds. The number of aromatic nitrogens is 2. The molecule has 33 heavy (non-hydrogen) atoms. The first-order valence-electron chi connectivity index (χ1n) is 12.0. The molecule has 0 bridgehead atoms. The summed E-state index contributed by atoms with van der Waals surface area (Å²) in [5, 5.41) is 20.1. The normalized spacial score (nSPS) is 14.1. The molecule has 170 valence electrons. The highest BCUT2D eigenvalue weighted by atomic mass is 16.3. The fourth-order valence-electron chi connectivity index (χ4n) is 4.50. The predicted octanol–water partition coefficient (Wildman–Crippen LogP) is 5.63. The summed E-state index contributed by atoms with van der Waals surface area (Å²) in [4.78, 5) is 18.3. The van der Waals surface area contributed by atoms with Gasteiger partial charge in [0.05, 0.1) is 23.2 Å². The number of benzene rings is 2. The summed E-state index contributed by atoms with van der Waals surface area (Å²) in [5.41, 5.74) is 3.93. The zero-order valence-electron chi connectivity index (χ0n) is 19.4. The molecule has 0 saturated heterocycles. The van der Waals surface area contributed by atoms with Crippen LogP contribution in [0.25, 0.3) is 0 Å². The first kappa shape index (κ1) is 22.8. The summed E-state index contributed by atoms with van der Waals surface area (Å²) in [6.07, 6.45) is 5.97. The minimum absolute atomic E-state index is 0.172. The second kappa shape index (κ2) is 10.0. The van der Waals surface area contributed by atoms with Gasteiger partial charge in [0.2, 0.25) is 5.88 Å². The third-order valence-electron chi connectivity index (χ3n) is 6.52. The van der Waals surface area contributed by atoms with Gasteiger partial charge in [0.15, 0.2) is 0 Å². The maximum absolute atomic E-state index is 13.8. The maximum Gasteiger partial charge on any atom is 0.261 e. The number of aromatic hydroxyl groups is 1. The van der Waals surface area contributed by atoms with Gasteiger partial charge in [0, 0.05) is 12.8 Å². The Morgan fingerprint density at radius 2 is 1.94 bits per heavy atom. The molecule has 1 heterocycles. The van der Waals surface area contributed by atoms with Crippen molar-refractivity contribution in [3.8, 4) is 11.9 Å². The van der Waals surface area contributed by atoms with E-state index in [1.807, 2.05) is 25.1 Å². The van der Waals surface area contributed by atoms with Gasteiger partial charge in [-0.05, 0) is 60.4 Å². The zero-order chi connectivity index (χ0) is 23.4. The van der Waals surface area contributed by atoms with Crippen LogP contribution in [-0.4, -0.2) is 14.7 Å². The maximum atomic E-state index is 13.8. The molecule has 3 aromatic rings. The van der Waals surface area contributed by atoms with Crippen LogP contribution < -0.4 is 5.56 Å². The number of aryl methyl sites for hydroxylation is 1. The Hall–Kier alpha value is -3.39. The highest BCUT2D eigenvalue weighted by molar-refractivity contribution is 5.37. The lowest BCUT2D eigenvalue weighted by Gasteiger charge is -2.23. The number of nitriles is 1. The van der Waals surface area contributed by atoms with Gasteiger partial charge >= 0.3 is 0 Å². The molecule has 0 aliphatic heterocycles. The Labute approximate surface area is 195 Å². The minimum Gasteiger partial charge on any atom is -0.493 e. The lowest BCUT2D eigenvalue weighted by Crippen LogP contribution is -2.32. The van der Waals surface area contributed by atoms with Crippen molar-refractivity contribution in [1.29, 1.82) is 5.26 Å². The van der Waals surface area contributed by atoms with Gasteiger partial charge in [-0.25, -0.2) is 0 Å². The second-order valence-electron chi connectivity index (χ2n) is 8.96. The van der Waals surface area contributed by atoms with E-state index in [4.69, 9.17) is 0 Å². The van der Waals surface area contributed by atoms with E-state index >= 15 is 0 Å². The van der Waals surface area contributed by atoms with E-state index in [2.05, 4.69) is 42.2 Å². The molecule has 5 nitrogen and oxygen atoms in total. The van der Waals surface area contributed by atoms with E-state index in [1.54, 1.807) is 10.6 Å². The van der Waals surface area contributed by atoms with Crippen LogP contribution in [0.5, 0.6) is 5.88 Å². The largest absolute Gasteiger partial charge is 0.493 e. The standard InChI is InChI=1S/C28H31N3O2/c1-3-5-9-26-30-27(32)24(17-19-10-12-21(13-11-19)22-14-15-22)28(33)31(26)25(4-2)23-8-6-7-20(16-23)18-29/h6-8,10-13,16,22,25,32H,3-5,9,14-15,17H2,1-2H3/t25-/m0/s1. The quantitative estimate of drug-likeness (QED) is 0.467. The molecule has 4 rings (SSSR count). The highest BCUT2D eigenvalue weighted by Crippen LogP contribution is 2.40. The van der Waals surface area contributed by atoms with Gasteiger partial charge < -0.3 is 5.11 Å². The molecule has 1 aliphatic rings. The second-order valence-corrected chi connectivity index (χ2v) is 8.96. The smallest absolute Gasteiger partial charge is 0.261 e. The van der Waals surface area contributed by atoms with Crippen LogP contribution in [0.1, 0.15) is 91.6 Å². The number of rotatable bonds is 9. The first-order valence-corrected chi connectivity index (χ1v) is 12.0. The van der Waals surface area contributed by atoms with Crippen LogP contribution >= 0.6 is 0 Å². The molecule has 1 aromatic heterocycles. The van der Waals surface area contributed by atoms with Gasteiger partial charge in [-0.15, -0.1) is 0 Å². The summed E-state index contributed by atoms with van der Waals surface area (Å²) in [6.45, 7) is 4.12. The molecule has 1 fully saturated rings. The van der Waals surface area contributed by atoms with E-state index in [0.29, 0.717) is 42.1 Å². The first-order chi connectivity index (χ1) is 16.0. The Balaban J connectivity index is 1.77. The predicted molar refractivity (Wildman–Crippen MR) is 130 cm³/mol. The summed E-state index contributed by atoms with van der Waals surface area (Å²) < 4.78 is 1.75. The monoisotopic (exact) mass is 441 g/mol. The highest BCUT2D eigenvalue weighted by Gasteiger charge is 2.24. The number of unbranched alkanes of at least 4 members (excludes halogenated alkanes) is 1. The van der Waals surface area contributed by atoms with Gasteiger partial charge in [-0.2, -0.15) is 10.2 Å². The molecule has 1 saturated carbocycles. The number of nitrogens with zero attached hydrogens (tertiary/aromatic N) is 3. The van der Waals surface area contributed by atoms with Crippen molar-refractivity contribution < 1.29 is 5.11 Å². The Morgan fingerprint density at radius 3 is 2.58 bits per heavy atom. The van der Waals surface area contributed by atoms with Crippen molar-refractivity contribution in [2.24, 2.45) is 0 Å². The molecular formula is C28H31N3O2. The van der Waals surface area contributed by atoms with Gasteiger partial charge in [0.1, 0.15) is 5.82 Å². The molecule has 1 atom stereocenters. The van der Waals surface area contributed by atoms with Crippen LogP contribution in [0.2, 0.25) is 0 Å². The van der Waals surface area contributed by atoms with Gasteiger partial charge in [-0.1, -0.05) is 56.7 Å². The molecule has 0 unspecified atom stereocenters. The Kier molecular flexibility index (Phi) is 6.93. The average Bonchev–Trinajstić information content (AvgIpc) is 3.68. The van der Waals surface area contributed by atoms with Crippen LogP contribution in [0.3, 0.4) is 0 Å². The lowest BCUT2D eigenvalue weighted by molar-refractivity contribution is 0.420. The summed E-state index contributed by atoms with van der Waals surface area (Å²) in [6, 6.07) is 17.7. The summed E-state index contributed by atoms with van der Waals surface area (Å²) in [5.74, 6) is 1.11. The molecule has 0 spiro atoms. The topological polar surface area (TPSA) is 78.9 Å². The van der Waals surface area contributed by atoms with E-state index in [-0.39, 0.29) is 17.5 Å². The summed E-state index contributed by atoms with van der Waals surface area (Å²) in [7, 11) is 0. The Morgan fingerprint density at radius 1 is 1.18 bits per heavy atom. The molecule has 0 radical (unpaired) electrons. The molecule has 1 N–H and O–H groups in total. The third kappa shape index (κ3) is 5.01. The van der Waals surface area contributed by atoms with Crippen molar-refractivity contribution in [3.05, 3.63) is 92.5 Å². The summed E-state index contributed by atoms with van der Waals surface area (Å²) >= 11 is 0.